The van der Waals surface area contributed by atoms with Crippen molar-refractivity contribution in [3.8, 4) is 0 Å². The van der Waals surface area contributed by atoms with E-state index in [0.717, 1.165) is 0 Å². The summed E-state index contributed by atoms with van der Waals surface area (Å²) in [6, 6.07) is 0. The number of methoxy groups -OCH3 is 2. The first kappa shape index (κ1) is 15.7. The molecule has 54 valence electrons. The number of hydrogen-bond acceptors (Lipinski definition) is 3. The molecule has 0 amide bonds. The zero-order valence-corrected chi connectivity index (χ0v) is 6.16. The van der Waals surface area contributed by atoms with Crippen LogP contribution in [0.4, 0.5) is 0 Å². The van der Waals surface area contributed by atoms with E-state index in [4.69, 9.17) is 0 Å². The molecular weight excluding hydrogens is 130 g/mol. The maximum atomic E-state index is 4.66. The molecule has 0 aromatic carbocycles. The second kappa shape index (κ2) is 15.7. The van der Waals surface area contributed by atoms with Crippen LogP contribution in [0.25, 0.3) is 0 Å². The molecule has 3 N–H and O–H groups in total. The van der Waals surface area contributed by atoms with Crippen molar-refractivity contribution < 1.29 is 9.47 Å². The number of hydrogen-bond donors (Lipinski definition) is 1. The van der Waals surface area contributed by atoms with Gasteiger partial charge in [0.1, 0.15) is 0 Å². The van der Waals surface area contributed by atoms with Gasteiger partial charge >= 0.3 is 0 Å². The standard InChI is InChI=1S/C4H10O2.ClH.H3N/c1-5-3-4-6-2;;/h3-4H2,1-2H3;1H;1H3. The average molecular weight is 144 g/mol. The Balaban J connectivity index is -0.000000125. The quantitative estimate of drug-likeness (QED) is 0.597. The zero-order valence-electron chi connectivity index (χ0n) is 5.35. The third kappa shape index (κ3) is 16.4. The van der Waals surface area contributed by atoms with Gasteiger partial charge in [-0.2, -0.15) is 0 Å². The maximum Gasteiger partial charge on any atom is 0.0696 e. The van der Waals surface area contributed by atoms with E-state index in [0.29, 0.717) is 13.2 Å². The van der Waals surface area contributed by atoms with Gasteiger partial charge in [0.25, 0.3) is 0 Å². The SMILES string of the molecule is COCCOC.Cl.N. The molecule has 0 fully saturated rings. The van der Waals surface area contributed by atoms with Gasteiger partial charge in [-0.05, 0) is 0 Å². The van der Waals surface area contributed by atoms with Gasteiger partial charge in [0.2, 0.25) is 0 Å². The van der Waals surface area contributed by atoms with Crippen molar-refractivity contribution in [3.63, 3.8) is 0 Å². The first-order valence-electron chi connectivity index (χ1n) is 1.89. The molecule has 0 rings (SSSR count). The Bertz CT molecular complexity index is 26.0. The Morgan fingerprint density at radius 3 is 1.38 bits per heavy atom. The molecule has 0 bridgehead atoms. The summed E-state index contributed by atoms with van der Waals surface area (Å²) in [6.07, 6.45) is 0. The lowest BCUT2D eigenvalue weighted by atomic mass is 10.8. The van der Waals surface area contributed by atoms with E-state index in [9.17, 15) is 0 Å². The third-order valence-corrected chi connectivity index (χ3v) is 0.492. The highest BCUT2D eigenvalue weighted by Gasteiger charge is 1.73. The lowest BCUT2D eigenvalue weighted by molar-refractivity contribution is 0.103. The zero-order chi connectivity index (χ0) is 4.83. The molecule has 0 spiro atoms. The number of rotatable bonds is 3. The summed E-state index contributed by atoms with van der Waals surface area (Å²) in [5.41, 5.74) is 0. The van der Waals surface area contributed by atoms with Crippen molar-refractivity contribution in [2.75, 3.05) is 27.4 Å². The third-order valence-electron chi connectivity index (χ3n) is 0.492. The van der Waals surface area contributed by atoms with Crippen LogP contribution in [0, 0.1) is 0 Å². The molecule has 4 heteroatoms. The molecule has 0 saturated heterocycles. The highest BCUT2D eigenvalue weighted by atomic mass is 35.5. The molecule has 3 nitrogen and oxygen atoms in total. The maximum absolute atomic E-state index is 4.66. The average Bonchev–Trinajstić information content (AvgIpc) is 1.61. The molecule has 0 saturated carbocycles. The predicted molar refractivity (Wildman–Crippen MR) is 36.0 cm³/mol. The minimum Gasteiger partial charge on any atom is -0.382 e. The fourth-order valence-electron chi connectivity index (χ4n) is 0.167. The van der Waals surface area contributed by atoms with Crippen LogP contribution in [0.1, 0.15) is 0 Å². The van der Waals surface area contributed by atoms with Gasteiger partial charge in [0.05, 0.1) is 13.2 Å². The second-order valence-corrected chi connectivity index (χ2v) is 0.986. The van der Waals surface area contributed by atoms with Crippen molar-refractivity contribution in [1.82, 2.24) is 6.15 Å². The first-order chi connectivity index (χ1) is 2.91. The topological polar surface area (TPSA) is 53.5 Å². The van der Waals surface area contributed by atoms with Crippen LogP contribution < -0.4 is 6.15 Å². The summed E-state index contributed by atoms with van der Waals surface area (Å²) >= 11 is 0. The van der Waals surface area contributed by atoms with Gasteiger partial charge in [-0.15, -0.1) is 12.4 Å². The summed E-state index contributed by atoms with van der Waals surface area (Å²) in [6.45, 7) is 1.38. The Kier molecular flexibility index (Phi) is 30.8. The van der Waals surface area contributed by atoms with E-state index in [1.54, 1.807) is 14.2 Å². The molecule has 8 heavy (non-hydrogen) atoms. The van der Waals surface area contributed by atoms with Gasteiger partial charge < -0.3 is 15.6 Å². The molecule has 0 aliphatic heterocycles. The fraction of sp³-hybridized carbons (Fsp3) is 1.00. The van der Waals surface area contributed by atoms with Gasteiger partial charge in [0.15, 0.2) is 0 Å². The lowest BCUT2D eigenvalue weighted by Crippen LogP contribution is -1.96. The van der Waals surface area contributed by atoms with E-state index in [2.05, 4.69) is 9.47 Å². The van der Waals surface area contributed by atoms with Crippen LogP contribution in [-0.2, 0) is 9.47 Å². The number of halogens is 1. The van der Waals surface area contributed by atoms with E-state index in [1.807, 2.05) is 0 Å². The normalized spacial score (nSPS) is 6.75. The summed E-state index contributed by atoms with van der Waals surface area (Å²) < 4.78 is 9.31. The predicted octanol–water partition coefficient (Wildman–Crippen LogP) is 0.863. The Morgan fingerprint density at radius 2 is 1.25 bits per heavy atom. The molecule has 0 aliphatic carbocycles. The minimum absolute atomic E-state index is 0. The van der Waals surface area contributed by atoms with E-state index < -0.39 is 0 Å². The smallest absolute Gasteiger partial charge is 0.0696 e. The van der Waals surface area contributed by atoms with E-state index >= 15 is 0 Å². The Morgan fingerprint density at radius 1 is 1.00 bits per heavy atom. The highest BCUT2D eigenvalue weighted by molar-refractivity contribution is 5.85. The molecule has 0 heterocycles. The molecular formula is C4H14ClNO2. The van der Waals surface area contributed by atoms with Crippen molar-refractivity contribution >= 4 is 12.4 Å². The van der Waals surface area contributed by atoms with Crippen molar-refractivity contribution in [3.05, 3.63) is 0 Å². The molecule has 0 aromatic heterocycles. The van der Waals surface area contributed by atoms with Crippen LogP contribution in [0.3, 0.4) is 0 Å². The van der Waals surface area contributed by atoms with Gasteiger partial charge in [-0.3, -0.25) is 0 Å². The fourth-order valence-corrected chi connectivity index (χ4v) is 0.167. The van der Waals surface area contributed by atoms with Crippen molar-refractivity contribution in [1.29, 1.82) is 0 Å². The van der Waals surface area contributed by atoms with Crippen LogP contribution in [0.15, 0.2) is 0 Å². The Labute approximate surface area is 56.4 Å². The largest absolute Gasteiger partial charge is 0.382 e. The summed E-state index contributed by atoms with van der Waals surface area (Å²) in [5.74, 6) is 0. The number of ether oxygens (including phenoxy) is 2. The molecule has 0 aromatic rings. The highest BCUT2D eigenvalue weighted by Crippen LogP contribution is 1.65. The molecule has 0 radical (unpaired) electrons. The van der Waals surface area contributed by atoms with Crippen LogP contribution in [0.2, 0.25) is 0 Å². The Hall–Kier alpha value is 0.170. The van der Waals surface area contributed by atoms with Gasteiger partial charge in [-0.25, -0.2) is 0 Å². The molecule has 0 aliphatic rings. The summed E-state index contributed by atoms with van der Waals surface area (Å²) in [5, 5.41) is 0. The molecule has 0 unspecified atom stereocenters. The van der Waals surface area contributed by atoms with Gasteiger partial charge in [-0.1, -0.05) is 0 Å². The molecule has 0 atom stereocenters. The monoisotopic (exact) mass is 143 g/mol. The summed E-state index contributed by atoms with van der Waals surface area (Å²) in [7, 11) is 3.30. The van der Waals surface area contributed by atoms with Crippen LogP contribution in [-0.4, -0.2) is 27.4 Å². The van der Waals surface area contributed by atoms with E-state index in [1.165, 1.54) is 0 Å². The first-order valence-corrected chi connectivity index (χ1v) is 1.89. The van der Waals surface area contributed by atoms with Gasteiger partial charge in [0, 0.05) is 14.2 Å². The van der Waals surface area contributed by atoms with Crippen molar-refractivity contribution in [2.24, 2.45) is 0 Å². The lowest BCUT2D eigenvalue weighted by Gasteiger charge is -1.91. The summed E-state index contributed by atoms with van der Waals surface area (Å²) in [4.78, 5) is 0. The van der Waals surface area contributed by atoms with Crippen LogP contribution >= 0.6 is 12.4 Å². The second-order valence-electron chi connectivity index (χ2n) is 0.986. The van der Waals surface area contributed by atoms with E-state index in [-0.39, 0.29) is 18.6 Å². The van der Waals surface area contributed by atoms with Crippen molar-refractivity contribution in [2.45, 2.75) is 0 Å². The minimum atomic E-state index is 0. The van der Waals surface area contributed by atoms with Crippen LogP contribution in [0.5, 0.6) is 0 Å².